The van der Waals surface area contributed by atoms with E-state index in [0.717, 1.165) is 16.5 Å². The summed E-state index contributed by atoms with van der Waals surface area (Å²) in [6.07, 6.45) is 2.67. The van der Waals surface area contributed by atoms with Gasteiger partial charge in [-0.1, -0.05) is 24.6 Å². The highest BCUT2D eigenvalue weighted by Gasteiger charge is 2.14. The summed E-state index contributed by atoms with van der Waals surface area (Å²) in [4.78, 5) is 14.0. The fourth-order valence-corrected chi connectivity index (χ4v) is 2.03. The van der Waals surface area contributed by atoms with Crippen LogP contribution in [0.15, 0.2) is 30.9 Å². The van der Waals surface area contributed by atoms with Gasteiger partial charge in [0.25, 0.3) is 5.91 Å². The van der Waals surface area contributed by atoms with Crippen molar-refractivity contribution >= 4 is 40.1 Å². The molecule has 1 aromatic carbocycles. The number of carbonyl (C=O) groups excluding carboxylic acids is 1. The monoisotopic (exact) mass is 363 g/mol. The van der Waals surface area contributed by atoms with E-state index in [0.29, 0.717) is 17.1 Å². The minimum atomic E-state index is 0.00468. The van der Waals surface area contributed by atoms with Crippen LogP contribution in [0.5, 0.6) is 0 Å². The van der Waals surface area contributed by atoms with Crippen molar-refractivity contribution in [1.82, 2.24) is 4.90 Å². The minimum absolute atomic E-state index is 0.00468. The molecule has 0 aliphatic rings. The number of nitrogens with zero attached hydrogens (tertiary/aromatic N) is 1. The molecule has 0 unspecified atom stereocenters. The second kappa shape index (κ2) is 7.01. The Hall–Kier alpha value is -0.550. The van der Waals surface area contributed by atoms with E-state index >= 15 is 0 Å². The summed E-state index contributed by atoms with van der Waals surface area (Å²) in [5.41, 5.74) is 0.630. The molecule has 0 saturated heterocycles. The summed E-state index contributed by atoms with van der Waals surface area (Å²) in [5, 5.41) is 0.617. The number of hydrogen-bond acceptors (Lipinski definition) is 1. The molecule has 4 heteroatoms. The summed E-state index contributed by atoms with van der Waals surface area (Å²) < 4.78 is 0.951. The molecule has 0 spiro atoms. The van der Waals surface area contributed by atoms with E-state index in [-0.39, 0.29) is 5.91 Å². The molecular formula is C13H15ClINO. The van der Waals surface area contributed by atoms with Crippen LogP contribution in [-0.2, 0) is 0 Å². The Morgan fingerprint density at radius 3 is 2.82 bits per heavy atom. The van der Waals surface area contributed by atoms with E-state index in [1.54, 1.807) is 17.0 Å². The van der Waals surface area contributed by atoms with E-state index in [9.17, 15) is 4.79 Å². The van der Waals surface area contributed by atoms with Crippen LogP contribution in [0.1, 0.15) is 23.7 Å². The van der Waals surface area contributed by atoms with E-state index in [1.807, 2.05) is 19.1 Å². The Labute approximate surface area is 121 Å². The van der Waals surface area contributed by atoms with Gasteiger partial charge in [-0.15, -0.1) is 6.58 Å². The SMILES string of the molecule is C=CCN(CCC)C(=O)c1ccc(I)c(Cl)c1. The van der Waals surface area contributed by atoms with Crippen molar-refractivity contribution in [3.63, 3.8) is 0 Å². The first-order valence-electron chi connectivity index (χ1n) is 5.45. The summed E-state index contributed by atoms with van der Waals surface area (Å²) in [5.74, 6) is 0.00468. The summed E-state index contributed by atoms with van der Waals surface area (Å²) in [7, 11) is 0. The Balaban J connectivity index is 2.92. The lowest BCUT2D eigenvalue weighted by Crippen LogP contribution is -2.31. The van der Waals surface area contributed by atoms with Crippen LogP contribution in [0.2, 0.25) is 5.02 Å². The molecule has 92 valence electrons. The van der Waals surface area contributed by atoms with Gasteiger partial charge in [0.1, 0.15) is 0 Å². The topological polar surface area (TPSA) is 20.3 Å². The first-order chi connectivity index (χ1) is 8.10. The number of hydrogen-bond donors (Lipinski definition) is 0. The van der Waals surface area contributed by atoms with Gasteiger partial charge in [-0.2, -0.15) is 0 Å². The average molecular weight is 364 g/mol. The average Bonchev–Trinajstić information content (AvgIpc) is 2.31. The molecule has 0 aliphatic carbocycles. The highest BCUT2D eigenvalue weighted by Crippen LogP contribution is 2.20. The second-order valence-electron chi connectivity index (χ2n) is 3.67. The van der Waals surface area contributed by atoms with Gasteiger partial charge in [0.2, 0.25) is 0 Å². The van der Waals surface area contributed by atoms with Crippen LogP contribution in [0.3, 0.4) is 0 Å². The molecule has 1 aromatic rings. The summed E-state index contributed by atoms with van der Waals surface area (Å²) in [6, 6.07) is 5.38. The number of benzene rings is 1. The molecular weight excluding hydrogens is 349 g/mol. The third-order valence-corrected chi connectivity index (χ3v) is 3.87. The van der Waals surface area contributed by atoms with Gasteiger partial charge < -0.3 is 4.90 Å². The quantitative estimate of drug-likeness (QED) is 0.572. The molecule has 0 radical (unpaired) electrons. The Morgan fingerprint density at radius 1 is 1.59 bits per heavy atom. The predicted molar refractivity (Wildman–Crippen MR) is 80.6 cm³/mol. The van der Waals surface area contributed by atoms with Gasteiger partial charge in [0.15, 0.2) is 0 Å². The minimum Gasteiger partial charge on any atom is -0.335 e. The van der Waals surface area contributed by atoms with Crippen molar-refractivity contribution in [3.8, 4) is 0 Å². The van der Waals surface area contributed by atoms with Crippen LogP contribution < -0.4 is 0 Å². The second-order valence-corrected chi connectivity index (χ2v) is 5.24. The molecule has 0 atom stereocenters. The Morgan fingerprint density at radius 2 is 2.29 bits per heavy atom. The first kappa shape index (κ1) is 14.5. The zero-order valence-electron chi connectivity index (χ0n) is 9.75. The van der Waals surface area contributed by atoms with Gasteiger partial charge in [0, 0.05) is 22.2 Å². The molecule has 0 saturated carbocycles. The highest BCUT2D eigenvalue weighted by molar-refractivity contribution is 14.1. The molecule has 17 heavy (non-hydrogen) atoms. The van der Waals surface area contributed by atoms with Crippen molar-refractivity contribution in [1.29, 1.82) is 0 Å². The van der Waals surface area contributed by atoms with Crippen LogP contribution >= 0.6 is 34.2 Å². The fraction of sp³-hybridized carbons (Fsp3) is 0.308. The lowest BCUT2D eigenvalue weighted by Gasteiger charge is -2.20. The van der Waals surface area contributed by atoms with E-state index < -0.39 is 0 Å². The van der Waals surface area contributed by atoms with Crippen LogP contribution in [-0.4, -0.2) is 23.9 Å². The van der Waals surface area contributed by atoms with Crippen molar-refractivity contribution in [2.75, 3.05) is 13.1 Å². The largest absolute Gasteiger partial charge is 0.335 e. The van der Waals surface area contributed by atoms with Gasteiger partial charge >= 0.3 is 0 Å². The van der Waals surface area contributed by atoms with E-state index in [1.165, 1.54) is 0 Å². The van der Waals surface area contributed by atoms with E-state index in [4.69, 9.17) is 11.6 Å². The maximum Gasteiger partial charge on any atom is 0.254 e. The maximum atomic E-state index is 12.2. The van der Waals surface area contributed by atoms with Gasteiger partial charge in [-0.25, -0.2) is 0 Å². The highest BCUT2D eigenvalue weighted by atomic mass is 127. The molecule has 0 fully saturated rings. The van der Waals surface area contributed by atoms with Gasteiger partial charge in [-0.05, 0) is 47.2 Å². The van der Waals surface area contributed by atoms with Crippen LogP contribution in [0.25, 0.3) is 0 Å². The Kier molecular flexibility index (Phi) is 5.98. The third-order valence-electron chi connectivity index (χ3n) is 2.30. The maximum absolute atomic E-state index is 12.2. The fourth-order valence-electron chi connectivity index (χ4n) is 1.51. The normalized spacial score (nSPS) is 10.1. The van der Waals surface area contributed by atoms with Crippen molar-refractivity contribution in [2.24, 2.45) is 0 Å². The molecule has 2 nitrogen and oxygen atoms in total. The summed E-state index contributed by atoms with van der Waals surface area (Å²) >= 11 is 8.16. The molecule has 0 N–H and O–H groups in total. The molecule has 1 amide bonds. The van der Waals surface area contributed by atoms with Crippen molar-refractivity contribution in [2.45, 2.75) is 13.3 Å². The molecule has 0 aromatic heterocycles. The third kappa shape index (κ3) is 4.00. The van der Waals surface area contributed by atoms with Crippen molar-refractivity contribution < 1.29 is 4.79 Å². The number of rotatable bonds is 5. The molecule has 1 rings (SSSR count). The smallest absolute Gasteiger partial charge is 0.254 e. The standard InChI is InChI=1S/C13H15ClINO/c1-3-7-16(8-4-2)13(17)10-5-6-12(15)11(14)9-10/h3,5-6,9H,1,4,7-8H2,2H3. The summed E-state index contributed by atoms with van der Waals surface area (Å²) in [6.45, 7) is 7.01. The van der Waals surface area contributed by atoms with Gasteiger partial charge in [0.05, 0.1) is 5.02 Å². The predicted octanol–water partition coefficient (Wildman–Crippen LogP) is 3.98. The first-order valence-corrected chi connectivity index (χ1v) is 6.91. The molecule has 0 aliphatic heterocycles. The van der Waals surface area contributed by atoms with Crippen LogP contribution in [0.4, 0.5) is 0 Å². The lowest BCUT2D eigenvalue weighted by atomic mass is 10.2. The molecule has 0 heterocycles. The molecule has 0 bridgehead atoms. The zero-order chi connectivity index (χ0) is 12.8. The van der Waals surface area contributed by atoms with Gasteiger partial charge in [-0.3, -0.25) is 4.79 Å². The van der Waals surface area contributed by atoms with E-state index in [2.05, 4.69) is 29.2 Å². The number of carbonyl (C=O) groups is 1. The Bertz CT molecular complexity index is 420. The zero-order valence-corrected chi connectivity index (χ0v) is 12.7. The number of halogens is 2. The number of amides is 1. The lowest BCUT2D eigenvalue weighted by molar-refractivity contribution is 0.0774. The van der Waals surface area contributed by atoms with Crippen LogP contribution in [0, 0.1) is 3.57 Å². The van der Waals surface area contributed by atoms with Crippen molar-refractivity contribution in [3.05, 3.63) is 45.0 Å².